The minimum absolute atomic E-state index is 0.0318. The van der Waals surface area contributed by atoms with Crippen molar-refractivity contribution in [1.29, 1.82) is 0 Å². The van der Waals surface area contributed by atoms with Crippen LogP contribution in [0.1, 0.15) is 18.9 Å². The van der Waals surface area contributed by atoms with Crippen molar-refractivity contribution in [2.75, 3.05) is 13.1 Å². The first-order valence-corrected chi connectivity index (χ1v) is 5.95. The van der Waals surface area contributed by atoms with Gasteiger partial charge in [0.15, 0.2) is 0 Å². The summed E-state index contributed by atoms with van der Waals surface area (Å²) < 4.78 is 0. The fourth-order valence-electron chi connectivity index (χ4n) is 1.59. The lowest BCUT2D eigenvalue weighted by Crippen LogP contribution is -2.40. The van der Waals surface area contributed by atoms with Gasteiger partial charge in [0.05, 0.1) is 0 Å². The predicted molar refractivity (Wildman–Crippen MR) is 70.7 cm³/mol. The number of carbonyl (C=O) groups is 1. The van der Waals surface area contributed by atoms with E-state index in [0.29, 0.717) is 13.1 Å². The van der Waals surface area contributed by atoms with Gasteiger partial charge in [-0.25, -0.2) is 4.79 Å². The normalized spacial score (nSPS) is 9.71. The lowest BCUT2D eigenvalue weighted by atomic mass is 10.2. The minimum Gasteiger partial charge on any atom is -0.334 e. The summed E-state index contributed by atoms with van der Waals surface area (Å²) in [6, 6.07) is 9.86. The maximum Gasteiger partial charge on any atom is 0.317 e. The van der Waals surface area contributed by atoms with Gasteiger partial charge in [0.25, 0.3) is 0 Å². The molecule has 0 unspecified atom stereocenters. The van der Waals surface area contributed by atoms with Crippen LogP contribution in [-0.4, -0.2) is 24.0 Å². The summed E-state index contributed by atoms with van der Waals surface area (Å²) in [4.78, 5) is 13.6. The Balaban J connectivity index is 2.44. The molecule has 2 amide bonds. The van der Waals surface area contributed by atoms with E-state index >= 15 is 0 Å². The molecule has 0 saturated carbocycles. The average Bonchev–Trinajstić information content (AvgIpc) is 2.37. The summed E-state index contributed by atoms with van der Waals surface area (Å²) in [6.07, 6.45) is 2.70. The third-order valence-corrected chi connectivity index (χ3v) is 2.42. The summed E-state index contributed by atoms with van der Waals surface area (Å²) in [5.74, 6) is 0. The Kier molecular flexibility index (Phi) is 5.86. The van der Waals surface area contributed by atoms with Gasteiger partial charge in [-0.3, -0.25) is 0 Å². The Bertz CT molecular complexity index is 348. The molecule has 0 spiro atoms. The van der Waals surface area contributed by atoms with Crippen molar-refractivity contribution in [2.24, 2.45) is 0 Å². The molecule has 1 aromatic carbocycles. The zero-order valence-electron chi connectivity index (χ0n) is 10.4. The maximum absolute atomic E-state index is 11.9. The number of nitrogens with one attached hydrogen (secondary N) is 1. The number of nitrogens with zero attached hydrogens (tertiary/aromatic N) is 1. The van der Waals surface area contributed by atoms with Crippen LogP contribution in [0.5, 0.6) is 0 Å². The van der Waals surface area contributed by atoms with Crippen molar-refractivity contribution in [3.63, 3.8) is 0 Å². The quantitative estimate of drug-likeness (QED) is 0.751. The molecule has 0 aliphatic rings. The average molecular weight is 232 g/mol. The Morgan fingerprint density at radius 1 is 1.41 bits per heavy atom. The van der Waals surface area contributed by atoms with Crippen molar-refractivity contribution >= 4 is 6.03 Å². The van der Waals surface area contributed by atoms with Crippen molar-refractivity contribution < 1.29 is 4.79 Å². The first-order chi connectivity index (χ1) is 8.27. The highest BCUT2D eigenvalue weighted by molar-refractivity contribution is 5.74. The molecule has 92 valence electrons. The predicted octanol–water partition coefficient (Wildman–Crippen LogP) is 2.79. The fourth-order valence-corrected chi connectivity index (χ4v) is 1.59. The lowest BCUT2D eigenvalue weighted by molar-refractivity contribution is 0.203. The monoisotopic (exact) mass is 232 g/mol. The molecule has 0 heterocycles. The summed E-state index contributed by atoms with van der Waals surface area (Å²) in [7, 11) is 0. The number of carbonyl (C=O) groups excluding carboxylic acids is 1. The van der Waals surface area contributed by atoms with E-state index in [9.17, 15) is 4.79 Å². The molecule has 1 aromatic rings. The molecule has 1 N–H and O–H groups in total. The molecule has 0 saturated heterocycles. The highest BCUT2D eigenvalue weighted by atomic mass is 16.2. The standard InChI is InChI=1S/C14H20N2O/c1-3-10-16(11-4-2)14(17)15-12-13-8-6-5-7-9-13/h3,5-9H,1,4,10-12H2,2H3,(H,15,17). The minimum atomic E-state index is -0.0318. The number of rotatable bonds is 6. The largest absolute Gasteiger partial charge is 0.334 e. The molecule has 3 heteroatoms. The highest BCUT2D eigenvalue weighted by Gasteiger charge is 2.09. The van der Waals surface area contributed by atoms with Gasteiger partial charge in [-0.1, -0.05) is 43.3 Å². The molecule has 1 rings (SSSR count). The van der Waals surface area contributed by atoms with Crippen LogP contribution in [0.4, 0.5) is 4.79 Å². The molecule has 0 bridgehead atoms. The van der Waals surface area contributed by atoms with Gasteiger partial charge in [0.1, 0.15) is 0 Å². The van der Waals surface area contributed by atoms with Gasteiger partial charge in [0, 0.05) is 19.6 Å². The number of hydrogen-bond donors (Lipinski definition) is 1. The summed E-state index contributed by atoms with van der Waals surface area (Å²) in [5.41, 5.74) is 1.11. The Morgan fingerprint density at radius 3 is 2.71 bits per heavy atom. The molecular formula is C14H20N2O. The van der Waals surface area contributed by atoms with E-state index in [1.54, 1.807) is 11.0 Å². The Morgan fingerprint density at radius 2 is 2.12 bits per heavy atom. The number of hydrogen-bond acceptors (Lipinski definition) is 1. The summed E-state index contributed by atoms with van der Waals surface area (Å²) in [5, 5.41) is 2.91. The molecule has 0 aliphatic carbocycles. The SMILES string of the molecule is C=CCN(CCC)C(=O)NCc1ccccc1. The lowest BCUT2D eigenvalue weighted by Gasteiger charge is -2.20. The van der Waals surface area contributed by atoms with Crippen molar-refractivity contribution in [2.45, 2.75) is 19.9 Å². The maximum atomic E-state index is 11.9. The van der Waals surface area contributed by atoms with Crippen LogP contribution in [0.15, 0.2) is 43.0 Å². The van der Waals surface area contributed by atoms with Crippen molar-refractivity contribution in [1.82, 2.24) is 10.2 Å². The van der Waals surface area contributed by atoms with E-state index in [1.807, 2.05) is 30.3 Å². The number of amides is 2. The first kappa shape index (κ1) is 13.3. The van der Waals surface area contributed by atoms with Gasteiger partial charge in [-0.2, -0.15) is 0 Å². The van der Waals surface area contributed by atoms with Gasteiger partial charge < -0.3 is 10.2 Å². The van der Waals surface area contributed by atoms with Crippen molar-refractivity contribution in [3.05, 3.63) is 48.6 Å². The molecule has 0 aromatic heterocycles. The van der Waals surface area contributed by atoms with E-state index in [-0.39, 0.29) is 6.03 Å². The van der Waals surface area contributed by atoms with Crippen LogP contribution in [-0.2, 0) is 6.54 Å². The first-order valence-electron chi connectivity index (χ1n) is 5.95. The molecule has 3 nitrogen and oxygen atoms in total. The molecule has 0 radical (unpaired) electrons. The second-order valence-corrected chi connectivity index (χ2v) is 3.88. The topological polar surface area (TPSA) is 32.3 Å². The second-order valence-electron chi connectivity index (χ2n) is 3.88. The van der Waals surface area contributed by atoms with Crippen LogP contribution >= 0.6 is 0 Å². The Hall–Kier alpha value is -1.77. The van der Waals surface area contributed by atoms with Crippen LogP contribution in [0.3, 0.4) is 0 Å². The fraction of sp³-hybridized carbons (Fsp3) is 0.357. The van der Waals surface area contributed by atoms with Crippen molar-refractivity contribution in [3.8, 4) is 0 Å². The van der Waals surface area contributed by atoms with Gasteiger partial charge in [-0.15, -0.1) is 6.58 Å². The van der Waals surface area contributed by atoms with Crippen LogP contribution in [0, 0.1) is 0 Å². The molecular weight excluding hydrogens is 212 g/mol. The van der Waals surface area contributed by atoms with Crippen LogP contribution < -0.4 is 5.32 Å². The molecule has 0 fully saturated rings. The molecule has 17 heavy (non-hydrogen) atoms. The van der Waals surface area contributed by atoms with E-state index in [4.69, 9.17) is 0 Å². The van der Waals surface area contributed by atoms with E-state index in [2.05, 4.69) is 18.8 Å². The number of urea groups is 1. The zero-order chi connectivity index (χ0) is 12.5. The summed E-state index contributed by atoms with van der Waals surface area (Å²) >= 11 is 0. The smallest absolute Gasteiger partial charge is 0.317 e. The van der Waals surface area contributed by atoms with E-state index in [1.165, 1.54) is 0 Å². The molecule has 0 aliphatic heterocycles. The van der Waals surface area contributed by atoms with E-state index < -0.39 is 0 Å². The number of benzene rings is 1. The molecule has 0 atom stereocenters. The highest BCUT2D eigenvalue weighted by Crippen LogP contribution is 1.99. The van der Waals surface area contributed by atoms with Gasteiger partial charge >= 0.3 is 6.03 Å². The van der Waals surface area contributed by atoms with Gasteiger partial charge in [-0.05, 0) is 12.0 Å². The van der Waals surface area contributed by atoms with E-state index in [0.717, 1.165) is 18.5 Å². The van der Waals surface area contributed by atoms with Gasteiger partial charge in [0.2, 0.25) is 0 Å². The summed E-state index contributed by atoms with van der Waals surface area (Å²) in [6.45, 7) is 7.63. The third kappa shape index (κ3) is 4.72. The third-order valence-electron chi connectivity index (χ3n) is 2.42. The van der Waals surface area contributed by atoms with Crippen LogP contribution in [0.25, 0.3) is 0 Å². The zero-order valence-corrected chi connectivity index (χ0v) is 10.4. The Labute approximate surface area is 103 Å². The second kappa shape index (κ2) is 7.49. The van der Waals surface area contributed by atoms with Crippen LogP contribution in [0.2, 0.25) is 0 Å².